The molecule has 0 aliphatic heterocycles. The van der Waals surface area contributed by atoms with Crippen LogP contribution in [0.3, 0.4) is 0 Å². The van der Waals surface area contributed by atoms with Crippen LogP contribution >= 0.6 is 15.9 Å². The zero-order valence-corrected chi connectivity index (χ0v) is 9.18. The van der Waals surface area contributed by atoms with E-state index in [1.54, 1.807) is 0 Å². The van der Waals surface area contributed by atoms with E-state index in [1.165, 1.54) is 0 Å². The molecule has 3 heteroatoms. The van der Waals surface area contributed by atoms with E-state index in [2.05, 4.69) is 27.3 Å². The van der Waals surface area contributed by atoms with Crippen molar-refractivity contribution in [3.05, 3.63) is 28.7 Å². The lowest BCUT2D eigenvalue weighted by molar-refractivity contribution is 0.774. The second-order valence-electron chi connectivity index (χ2n) is 2.90. The fraction of sp³-hybridized carbons (Fsp3) is 0.400. The molecule has 0 radical (unpaired) electrons. The molecule has 0 aliphatic carbocycles. The van der Waals surface area contributed by atoms with E-state index < -0.39 is 0 Å². The summed E-state index contributed by atoms with van der Waals surface area (Å²) in [4.78, 5) is 0. The summed E-state index contributed by atoms with van der Waals surface area (Å²) in [6.07, 6.45) is 2.20. The van der Waals surface area contributed by atoms with Gasteiger partial charge in [-0.2, -0.15) is 0 Å². The van der Waals surface area contributed by atoms with Crippen molar-refractivity contribution in [3.8, 4) is 0 Å². The van der Waals surface area contributed by atoms with Gasteiger partial charge in [0.25, 0.3) is 0 Å². The lowest BCUT2D eigenvalue weighted by atomic mass is 10.3. The van der Waals surface area contributed by atoms with Crippen molar-refractivity contribution in [3.63, 3.8) is 0 Å². The van der Waals surface area contributed by atoms with Crippen molar-refractivity contribution in [2.24, 2.45) is 5.73 Å². The van der Waals surface area contributed by atoms with Gasteiger partial charge in [-0.25, -0.2) is 0 Å². The maximum atomic E-state index is 5.40. The summed E-state index contributed by atoms with van der Waals surface area (Å²) in [5, 5.41) is 3.35. The number of benzene rings is 1. The first-order valence-electron chi connectivity index (χ1n) is 4.53. The van der Waals surface area contributed by atoms with E-state index in [1.807, 2.05) is 18.2 Å². The minimum atomic E-state index is 0.775. The van der Waals surface area contributed by atoms with Gasteiger partial charge in [0, 0.05) is 16.7 Å². The van der Waals surface area contributed by atoms with Gasteiger partial charge in [-0.05, 0) is 47.4 Å². The zero-order chi connectivity index (χ0) is 9.52. The van der Waals surface area contributed by atoms with E-state index in [0.29, 0.717) is 0 Å². The van der Waals surface area contributed by atoms with Crippen LogP contribution in [-0.2, 0) is 0 Å². The van der Waals surface area contributed by atoms with Gasteiger partial charge >= 0.3 is 0 Å². The van der Waals surface area contributed by atoms with Gasteiger partial charge in [0.1, 0.15) is 0 Å². The van der Waals surface area contributed by atoms with E-state index >= 15 is 0 Å². The van der Waals surface area contributed by atoms with Crippen molar-refractivity contribution in [1.82, 2.24) is 0 Å². The van der Waals surface area contributed by atoms with Gasteiger partial charge in [-0.1, -0.05) is 12.1 Å². The molecule has 72 valence electrons. The number of anilines is 1. The summed E-state index contributed by atoms with van der Waals surface area (Å²) in [5.74, 6) is 0. The molecule has 0 unspecified atom stereocenters. The maximum Gasteiger partial charge on any atom is 0.0484 e. The molecule has 0 atom stereocenters. The molecule has 1 rings (SSSR count). The highest BCUT2D eigenvalue weighted by molar-refractivity contribution is 9.10. The van der Waals surface area contributed by atoms with Crippen molar-refractivity contribution in [2.75, 3.05) is 18.4 Å². The van der Waals surface area contributed by atoms with Crippen molar-refractivity contribution < 1.29 is 0 Å². The highest BCUT2D eigenvalue weighted by atomic mass is 79.9. The Morgan fingerprint density at radius 1 is 1.23 bits per heavy atom. The quantitative estimate of drug-likeness (QED) is 0.780. The number of hydrogen-bond acceptors (Lipinski definition) is 2. The lowest BCUT2D eigenvalue weighted by Crippen LogP contribution is -2.05. The normalized spacial score (nSPS) is 10.0. The first kappa shape index (κ1) is 10.5. The van der Waals surface area contributed by atoms with Crippen LogP contribution in [0.5, 0.6) is 0 Å². The van der Waals surface area contributed by atoms with Crippen LogP contribution in [0.15, 0.2) is 28.7 Å². The fourth-order valence-corrected chi connectivity index (χ4v) is 1.52. The van der Waals surface area contributed by atoms with Gasteiger partial charge in [0.05, 0.1) is 0 Å². The molecule has 0 saturated carbocycles. The monoisotopic (exact) mass is 242 g/mol. The average Bonchev–Trinajstić information content (AvgIpc) is 2.15. The Morgan fingerprint density at radius 3 is 2.69 bits per heavy atom. The Labute approximate surface area is 87.6 Å². The number of nitrogens with two attached hydrogens (primary N) is 1. The third kappa shape index (κ3) is 3.79. The summed E-state index contributed by atoms with van der Waals surface area (Å²) in [6, 6.07) is 8.13. The molecule has 0 bridgehead atoms. The van der Waals surface area contributed by atoms with Gasteiger partial charge < -0.3 is 11.1 Å². The Kier molecular flexibility index (Phi) is 4.86. The molecule has 13 heavy (non-hydrogen) atoms. The first-order chi connectivity index (χ1) is 6.34. The predicted molar refractivity (Wildman–Crippen MR) is 60.9 cm³/mol. The zero-order valence-electron chi connectivity index (χ0n) is 7.59. The predicted octanol–water partition coefficient (Wildman–Crippen LogP) is 2.60. The summed E-state index contributed by atoms with van der Waals surface area (Å²) < 4.78 is 1.11. The first-order valence-corrected chi connectivity index (χ1v) is 5.32. The molecular weight excluding hydrogens is 228 g/mol. The Morgan fingerprint density at radius 2 is 2.00 bits per heavy atom. The topological polar surface area (TPSA) is 38.0 Å². The highest BCUT2D eigenvalue weighted by Gasteiger charge is 1.95. The van der Waals surface area contributed by atoms with Crippen LogP contribution in [-0.4, -0.2) is 13.1 Å². The third-order valence-electron chi connectivity index (χ3n) is 1.82. The molecule has 0 spiro atoms. The minimum Gasteiger partial charge on any atom is -0.384 e. The van der Waals surface area contributed by atoms with Gasteiger partial charge in [0.15, 0.2) is 0 Å². The summed E-state index contributed by atoms with van der Waals surface area (Å²) >= 11 is 3.48. The van der Waals surface area contributed by atoms with E-state index in [4.69, 9.17) is 5.73 Å². The Bertz CT molecular complexity index is 250. The van der Waals surface area contributed by atoms with Crippen LogP contribution < -0.4 is 11.1 Å². The van der Waals surface area contributed by atoms with Gasteiger partial charge in [0.2, 0.25) is 0 Å². The average molecular weight is 243 g/mol. The molecule has 0 heterocycles. The molecule has 1 aromatic carbocycles. The number of halogens is 1. The maximum absolute atomic E-state index is 5.40. The molecule has 0 fully saturated rings. The lowest BCUT2D eigenvalue weighted by Gasteiger charge is -2.07. The number of para-hydroxylation sites is 1. The minimum absolute atomic E-state index is 0.775. The molecule has 3 N–H and O–H groups in total. The van der Waals surface area contributed by atoms with Crippen LogP contribution in [0, 0.1) is 0 Å². The number of hydrogen-bond donors (Lipinski definition) is 2. The molecule has 2 nitrogen and oxygen atoms in total. The van der Waals surface area contributed by atoms with E-state index in [9.17, 15) is 0 Å². The number of nitrogens with one attached hydrogen (secondary N) is 1. The highest BCUT2D eigenvalue weighted by Crippen LogP contribution is 2.20. The van der Waals surface area contributed by atoms with Crippen LogP contribution in [0.2, 0.25) is 0 Å². The van der Waals surface area contributed by atoms with Crippen LogP contribution in [0.1, 0.15) is 12.8 Å². The summed E-state index contributed by atoms with van der Waals surface area (Å²) in [5.41, 5.74) is 6.55. The largest absolute Gasteiger partial charge is 0.384 e. The van der Waals surface area contributed by atoms with E-state index in [-0.39, 0.29) is 0 Å². The summed E-state index contributed by atoms with van der Waals surface area (Å²) in [7, 11) is 0. The van der Waals surface area contributed by atoms with Gasteiger partial charge in [-0.3, -0.25) is 0 Å². The second kappa shape index (κ2) is 6.00. The van der Waals surface area contributed by atoms with Crippen molar-refractivity contribution in [2.45, 2.75) is 12.8 Å². The second-order valence-corrected chi connectivity index (χ2v) is 3.76. The standard InChI is InChI=1S/C10H15BrN2/c11-9-5-1-2-6-10(9)13-8-4-3-7-12/h1-2,5-6,13H,3-4,7-8,12H2. The van der Waals surface area contributed by atoms with Gasteiger partial charge in [-0.15, -0.1) is 0 Å². The number of unbranched alkanes of at least 4 members (excludes halogenated alkanes) is 1. The van der Waals surface area contributed by atoms with Crippen LogP contribution in [0.4, 0.5) is 5.69 Å². The van der Waals surface area contributed by atoms with Crippen LogP contribution in [0.25, 0.3) is 0 Å². The Balaban J connectivity index is 2.32. The van der Waals surface area contributed by atoms with Crippen molar-refractivity contribution in [1.29, 1.82) is 0 Å². The van der Waals surface area contributed by atoms with E-state index in [0.717, 1.165) is 36.1 Å². The summed E-state index contributed by atoms with van der Waals surface area (Å²) in [6.45, 7) is 1.76. The van der Waals surface area contributed by atoms with Crippen molar-refractivity contribution >= 4 is 21.6 Å². The molecule has 0 aliphatic rings. The SMILES string of the molecule is NCCCCNc1ccccc1Br. The Hall–Kier alpha value is -0.540. The molecular formula is C10H15BrN2. The fourth-order valence-electron chi connectivity index (χ4n) is 1.10. The molecule has 0 amide bonds. The third-order valence-corrected chi connectivity index (χ3v) is 2.51. The smallest absolute Gasteiger partial charge is 0.0484 e. The molecule has 1 aromatic rings. The number of rotatable bonds is 5. The molecule has 0 saturated heterocycles. The molecule has 0 aromatic heterocycles.